The summed E-state index contributed by atoms with van der Waals surface area (Å²) in [5.74, 6) is -0.0245. The summed E-state index contributed by atoms with van der Waals surface area (Å²) in [6.45, 7) is 4.45. The minimum absolute atomic E-state index is 0.0245. The molecule has 0 atom stereocenters. The standard InChI is InChI=1S/C19H26N2O2/c1-14-10-15(2)12-16(11-14)13-21-17(22)19(20-18(21)23)8-6-4-3-5-7-9-19/h10-12H,3-9,13H2,1-2H3,(H,20,23). The third-order valence-corrected chi connectivity index (χ3v) is 5.08. The van der Waals surface area contributed by atoms with E-state index < -0.39 is 5.54 Å². The molecular formula is C19H26N2O2. The lowest BCUT2D eigenvalue weighted by atomic mass is 9.84. The third kappa shape index (κ3) is 3.26. The van der Waals surface area contributed by atoms with Crippen molar-refractivity contribution in [3.8, 4) is 0 Å². The lowest BCUT2D eigenvalue weighted by Crippen LogP contribution is -2.47. The Labute approximate surface area is 138 Å². The van der Waals surface area contributed by atoms with Crippen molar-refractivity contribution in [2.45, 2.75) is 70.9 Å². The van der Waals surface area contributed by atoms with Crippen LogP contribution in [0.15, 0.2) is 18.2 Å². The zero-order valence-corrected chi connectivity index (χ0v) is 14.2. The molecule has 1 heterocycles. The molecule has 1 saturated carbocycles. The molecule has 1 spiro atoms. The second-order valence-corrected chi connectivity index (χ2v) is 7.17. The third-order valence-electron chi connectivity index (χ3n) is 5.08. The van der Waals surface area contributed by atoms with E-state index in [2.05, 4.69) is 23.5 Å². The van der Waals surface area contributed by atoms with Crippen molar-refractivity contribution >= 4 is 11.9 Å². The van der Waals surface area contributed by atoms with Crippen molar-refractivity contribution in [3.63, 3.8) is 0 Å². The molecule has 23 heavy (non-hydrogen) atoms. The number of hydrogen-bond acceptors (Lipinski definition) is 2. The van der Waals surface area contributed by atoms with E-state index in [1.807, 2.05) is 13.8 Å². The molecule has 0 radical (unpaired) electrons. The molecule has 124 valence electrons. The van der Waals surface area contributed by atoms with Gasteiger partial charge in [-0.15, -0.1) is 0 Å². The van der Waals surface area contributed by atoms with E-state index in [9.17, 15) is 9.59 Å². The Morgan fingerprint density at radius 1 is 0.957 bits per heavy atom. The van der Waals surface area contributed by atoms with E-state index in [1.54, 1.807) is 0 Å². The van der Waals surface area contributed by atoms with Gasteiger partial charge in [0.1, 0.15) is 5.54 Å². The smallest absolute Gasteiger partial charge is 0.323 e. The zero-order chi connectivity index (χ0) is 16.4. The topological polar surface area (TPSA) is 49.4 Å². The fraction of sp³-hybridized carbons (Fsp3) is 0.579. The van der Waals surface area contributed by atoms with Crippen molar-refractivity contribution in [1.82, 2.24) is 10.2 Å². The van der Waals surface area contributed by atoms with Crippen LogP contribution in [0.1, 0.15) is 61.6 Å². The Balaban J connectivity index is 1.80. The SMILES string of the molecule is Cc1cc(C)cc(CN2C(=O)NC3(CCCCCCC3)C2=O)c1. The van der Waals surface area contributed by atoms with Gasteiger partial charge in [-0.25, -0.2) is 4.79 Å². The highest BCUT2D eigenvalue weighted by Gasteiger charge is 2.50. The lowest BCUT2D eigenvalue weighted by Gasteiger charge is -2.28. The number of nitrogens with zero attached hydrogens (tertiary/aromatic N) is 1. The Bertz CT molecular complexity index is 596. The van der Waals surface area contributed by atoms with E-state index in [0.717, 1.165) is 55.2 Å². The molecule has 1 aliphatic heterocycles. The average Bonchev–Trinajstić information content (AvgIpc) is 2.67. The van der Waals surface area contributed by atoms with Crippen LogP contribution < -0.4 is 5.32 Å². The first-order valence-corrected chi connectivity index (χ1v) is 8.71. The molecule has 0 aromatic heterocycles. The second kappa shape index (κ2) is 6.34. The van der Waals surface area contributed by atoms with Gasteiger partial charge in [0.2, 0.25) is 0 Å². The van der Waals surface area contributed by atoms with Crippen molar-refractivity contribution in [1.29, 1.82) is 0 Å². The van der Waals surface area contributed by atoms with E-state index >= 15 is 0 Å². The molecule has 1 saturated heterocycles. The highest BCUT2D eigenvalue weighted by molar-refractivity contribution is 6.07. The fourth-order valence-corrected chi connectivity index (χ4v) is 4.01. The molecule has 4 nitrogen and oxygen atoms in total. The molecule has 2 aliphatic rings. The lowest BCUT2D eigenvalue weighted by molar-refractivity contribution is -0.132. The first-order chi connectivity index (χ1) is 11.0. The Morgan fingerprint density at radius 2 is 1.52 bits per heavy atom. The summed E-state index contributed by atoms with van der Waals surface area (Å²) in [4.78, 5) is 26.8. The minimum atomic E-state index is -0.642. The maximum absolute atomic E-state index is 13.0. The molecule has 4 heteroatoms. The summed E-state index contributed by atoms with van der Waals surface area (Å²) in [5, 5.41) is 3.02. The normalized spacial score (nSPS) is 21.2. The van der Waals surface area contributed by atoms with Gasteiger partial charge in [0.05, 0.1) is 6.54 Å². The van der Waals surface area contributed by atoms with Gasteiger partial charge in [0.15, 0.2) is 0 Å². The number of nitrogens with one attached hydrogen (secondary N) is 1. The van der Waals surface area contributed by atoms with Crippen molar-refractivity contribution in [2.75, 3.05) is 0 Å². The number of rotatable bonds is 2. The number of benzene rings is 1. The van der Waals surface area contributed by atoms with Crippen molar-refractivity contribution in [2.24, 2.45) is 0 Å². The Hall–Kier alpha value is -1.84. The fourth-order valence-electron chi connectivity index (χ4n) is 4.01. The Kier molecular flexibility index (Phi) is 4.42. The maximum Gasteiger partial charge on any atom is 0.325 e. The number of carbonyl (C=O) groups is 2. The van der Waals surface area contributed by atoms with Crippen LogP contribution in [0, 0.1) is 13.8 Å². The highest BCUT2D eigenvalue weighted by atomic mass is 16.2. The van der Waals surface area contributed by atoms with Gasteiger partial charge in [-0.1, -0.05) is 61.4 Å². The molecule has 2 fully saturated rings. The van der Waals surface area contributed by atoms with E-state index in [-0.39, 0.29) is 11.9 Å². The van der Waals surface area contributed by atoms with Gasteiger partial charge < -0.3 is 5.32 Å². The highest BCUT2D eigenvalue weighted by Crippen LogP contribution is 2.32. The first-order valence-electron chi connectivity index (χ1n) is 8.71. The number of amides is 3. The predicted octanol–water partition coefficient (Wildman–Crippen LogP) is 3.84. The molecule has 1 aliphatic carbocycles. The molecule has 1 N–H and O–H groups in total. The minimum Gasteiger partial charge on any atom is -0.323 e. The number of aryl methyl sites for hydroxylation is 2. The monoisotopic (exact) mass is 314 g/mol. The first kappa shape index (κ1) is 16.0. The molecule has 1 aromatic carbocycles. The van der Waals surface area contributed by atoms with Crippen LogP contribution in [0.3, 0.4) is 0 Å². The van der Waals surface area contributed by atoms with E-state index in [1.165, 1.54) is 11.3 Å². The van der Waals surface area contributed by atoms with Crippen molar-refractivity contribution in [3.05, 3.63) is 34.9 Å². The number of hydrogen-bond donors (Lipinski definition) is 1. The van der Waals surface area contributed by atoms with Gasteiger partial charge in [0.25, 0.3) is 5.91 Å². The van der Waals surface area contributed by atoms with Gasteiger partial charge in [-0.3, -0.25) is 9.69 Å². The Morgan fingerprint density at radius 3 is 2.13 bits per heavy atom. The number of imide groups is 1. The molecule has 3 rings (SSSR count). The zero-order valence-electron chi connectivity index (χ0n) is 14.2. The van der Waals surface area contributed by atoms with Crippen LogP contribution in [-0.2, 0) is 11.3 Å². The van der Waals surface area contributed by atoms with E-state index in [0.29, 0.717) is 6.54 Å². The summed E-state index contributed by atoms with van der Waals surface area (Å²) in [7, 11) is 0. The maximum atomic E-state index is 13.0. The van der Waals surface area contributed by atoms with Gasteiger partial charge in [-0.2, -0.15) is 0 Å². The summed E-state index contributed by atoms with van der Waals surface area (Å²) in [6, 6.07) is 5.98. The van der Waals surface area contributed by atoms with Crippen LogP contribution >= 0.6 is 0 Å². The quantitative estimate of drug-likeness (QED) is 0.843. The average molecular weight is 314 g/mol. The second-order valence-electron chi connectivity index (χ2n) is 7.17. The van der Waals surface area contributed by atoms with Crippen molar-refractivity contribution < 1.29 is 9.59 Å². The van der Waals surface area contributed by atoms with Crippen LogP contribution in [0.5, 0.6) is 0 Å². The predicted molar refractivity (Wildman–Crippen MR) is 90.0 cm³/mol. The van der Waals surface area contributed by atoms with Gasteiger partial charge >= 0.3 is 6.03 Å². The molecule has 0 bridgehead atoms. The van der Waals surface area contributed by atoms with Gasteiger partial charge in [0, 0.05) is 0 Å². The number of carbonyl (C=O) groups excluding carboxylic acids is 2. The molecule has 1 aromatic rings. The van der Waals surface area contributed by atoms with Crippen LogP contribution in [0.4, 0.5) is 4.79 Å². The summed E-state index contributed by atoms with van der Waals surface area (Å²) >= 11 is 0. The van der Waals surface area contributed by atoms with Crippen LogP contribution in [0.2, 0.25) is 0 Å². The molecular weight excluding hydrogens is 288 g/mol. The van der Waals surface area contributed by atoms with Crippen LogP contribution in [0.25, 0.3) is 0 Å². The summed E-state index contributed by atoms with van der Waals surface area (Å²) in [6.07, 6.45) is 7.14. The summed E-state index contributed by atoms with van der Waals surface area (Å²) in [5.41, 5.74) is 2.70. The van der Waals surface area contributed by atoms with E-state index in [4.69, 9.17) is 0 Å². The largest absolute Gasteiger partial charge is 0.325 e. The molecule has 0 unspecified atom stereocenters. The number of urea groups is 1. The molecule has 3 amide bonds. The van der Waals surface area contributed by atoms with Crippen LogP contribution in [-0.4, -0.2) is 22.4 Å². The summed E-state index contributed by atoms with van der Waals surface area (Å²) < 4.78 is 0. The van der Waals surface area contributed by atoms with Gasteiger partial charge in [-0.05, 0) is 32.3 Å².